The van der Waals surface area contributed by atoms with E-state index in [9.17, 15) is 4.79 Å². The highest BCUT2D eigenvalue weighted by molar-refractivity contribution is 5.94. The molecule has 3 nitrogen and oxygen atoms in total. The smallest absolute Gasteiger partial charge is 0.224 e. The minimum atomic E-state index is 0.135. The summed E-state index contributed by atoms with van der Waals surface area (Å²) in [6.45, 7) is 1.07. The highest BCUT2D eigenvalue weighted by Crippen LogP contribution is 2.28. The molecule has 1 aromatic rings. The molecule has 0 unspecified atom stereocenters. The first kappa shape index (κ1) is 13.5. The summed E-state index contributed by atoms with van der Waals surface area (Å²) in [5.74, 6) is 1.06. The quantitative estimate of drug-likeness (QED) is 0.871. The van der Waals surface area contributed by atoms with E-state index in [1.807, 2.05) is 6.07 Å². The molecule has 2 N–H and O–H groups in total. The number of nitrogens with one attached hydrogen (secondary N) is 2. The first-order chi connectivity index (χ1) is 9.81. The zero-order valence-corrected chi connectivity index (χ0v) is 12.1. The van der Waals surface area contributed by atoms with Crippen LogP contribution in [-0.2, 0) is 11.2 Å². The van der Waals surface area contributed by atoms with Crippen molar-refractivity contribution in [3.05, 3.63) is 23.8 Å². The van der Waals surface area contributed by atoms with Crippen LogP contribution in [0, 0.1) is 5.92 Å². The first-order valence-electron chi connectivity index (χ1n) is 7.98. The van der Waals surface area contributed by atoms with Crippen LogP contribution in [0.3, 0.4) is 0 Å². The summed E-state index contributed by atoms with van der Waals surface area (Å²) in [5, 5.41) is 6.47. The Hall–Kier alpha value is -1.51. The predicted molar refractivity (Wildman–Crippen MR) is 83.1 cm³/mol. The number of amides is 1. The van der Waals surface area contributed by atoms with Gasteiger partial charge in [0.05, 0.1) is 0 Å². The van der Waals surface area contributed by atoms with E-state index < -0.39 is 0 Å². The zero-order valence-electron chi connectivity index (χ0n) is 12.1. The second-order valence-corrected chi connectivity index (χ2v) is 6.14. The third kappa shape index (κ3) is 3.33. The lowest BCUT2D eigenvalue weighted by molar-refractivity contribution is -0.116. The van der Waals surface area contributed by atoms with Gasteiger partial charge in [0.15, 0.2) is 0 Å². The van der Waals surface area contributed by atoms with Crippen molar-refractivity contribution in [3.8, 4) is 0 Å². The van der Waals surface area contributed by atoms with Crippen LogP contribution in [0.2, 0.25) is 0 Å². The van der Waals surface area contributed by atoms with E-state index in [2.05, 4.69) is 22.8 Å². The van der Waals surface area contributed by atoms with Crippen molar-refractivity contribution in [2.45, 2.75) is 51.4 Å². The average Bonchev–Trinajstić information content (AvgIpc) is 2.48. The fourth-order valence-electron chi connectivity index (χ4n) is 3.39. The van der Waals surface area contributed by atoms with Crippen molar-refractivity contribution >= 4 is 17.3 Å². The van der Waals surface area contributed by atoms with Crippen molar-refractivity contribution in [1.29, 1.82) is 0 Å². The van der Waals surface area contributed by atoms with Gasteiger partial charge in [0.2, 0.25) is 5.91 Å². The molecule has 3 heteroatoms. The Bertz CT molecular complexity index is 478. The molecule has 2 aliphatic rings. The fourth-order valence-corrected chi connectivity index (χ4v) is 3.39. The largest absolute Gasteiger partial charge is 0.385 e. The Morgan fingerprint density at radius 1 is 1.15 bits per heavy atom. The van der Waals surface area contributed by atoms with Gasteiger partial charge in [-0.15, -0.1) is 0 Å². The molecule has 20 heavy (non-hydrogen) atoms. The van der Waals surface area contributed by atoms with Crippen LogP contribution in [0.25, 0.3) is 0 Å². The van der Waals surface area contributed by atoms with Crippen LogP contribution in [0.4, 0.5) is 11.4 Å². The first-order valence-corrected chi connectivity index (χ1v) is 7.98. The topological polar surface area (TPSA) is 41.1 Å². The molecule has 1 aliphatic carbocycles. The molecule has 1 aliphatic heterocycles. The number of hydrogen-bond donors (Lipinski definition) is 2. The molecule has 108 valence electrons. The Morgan fingerprint density at radius 2 is 2.00 bits per heavy atom. The number of fused-ring (bicyclic) bond motifs is 1. The van der Waals surface area contributed by atoms with E-state index in [1.165, 1.54) is 49.8 Å². The molecule has 0 saturated heterocycles. The molecule has 0 aromatic heterocycles. The van der Waals surface area contributed by atoms with Gasteiger partial charge in [-0.3, -0.25) is 4.79 Å². The minimum Gasteiger partial charge on any atom is -0.385 e. The maximum Gasteiger partial charge on any atom is 0.224 e. The van der Waals surface area contributed by atoms with Gasteiger partial charge in [0.25, 0.3) is 0 Å². The van der Waals surface area contributed by atoms with Crippen molar-refractivity contribution in [3.63, 3.8) is 0 Å². The Balaban J connectivity index is 1.51. The highest BCUT2D eigenvalue weighted by atomic mass is 16.1. The molecule has 1 saturated carbocycles. The summed E-state index contributed by atoms with van der Waals surface area (Å²) in [7, 11) is 0. The fraction of sp³-hybridized carbons (Fsp3) is 0.588. The van der Waals surface area contributed by atoms with Gasteiger partial charge < -0.3 is 10.6 Å². The van der Waals surface area contributed by atoms with Gasteiger partial charge in [0.1, 0.15) is 0 Å². The molecule has 1 aromatic carbocycles. The molecule has 0 bridgehead atoms. The van der Waals surface area contributed by atoms with E-state index in [4.69, 9.17) is 0 Å². The van der Waals surface area contributed by atoms with Gasteiger partial charge in [0, 0.05) is 24.3 Å². The second-order valence-electron chi connectivity index (χ2n) is 6.14. The predicted octanol–water partition coefficient (Wildman–Crippen LogP) is 3.95. The summed E-state index contributed by atoms with van der Waals surface area (Å²) < 4.78 is 0. The van der Waals surface area contributed by atoms with E-state index in [0.29, 0.717) is 6.42 Å². The van der Waals surface area contributed by atoms with Crippen molar-refractivity contribution in [2.75, 3.05) is 17.2 Å². The summed E-state index contributed by atoms with van der Waals surface area (Å²) in [6.07, 6.45) is 9.86. The Kier molecular flexibility index (Phi) is 4.24. The zero-order chi connectivity index (χ0) is 13.8. The summed E-state index contributed by atoms with van der Waals surface area (Å²) >= 11 is 0. The van der Waals surface area contributed by atoms with Gasteiger partial charge in [-0.25, -0.2) is 0 Å². The lowest BCUT2D eigenvalue weighted by Crippen LogP contribution is -2.19. The standard InChI is InChI=1S/C17H24N2O/c20-17-9-6-14-12-15(7-8-16(14)19-17)18-11-10-13-4-2-1-3-5-13/h7-8,12-13,18H,1-6,9-11H2,(H,19,20). The van der Waals surface area contributed by atoms with E-state index in [1.54, 1.807) is 0 Å². The van der Waals surface area contributed by atoms with Gasteiger partial charge in [-0.1, -0.05) is 32.1 Å². The van der Waals surface area contributed by atoms with E-state index in [0.717, 1.165) is 24.6 Å². The third-order valence-electron chi connectivity index (χ3n) is 4.61. The van der Waals surface area contributed by atoms with Crippen LogP contribution in [0.1, 0.15) is 50.5 Å². The van der Waals surface area contributed by atoms with Crippen LogP contribution in [0.5, 0.6) is 0 Å². The number of carbonyl (C=O) groups is 1. The number of benzene rings is 1. The summed E-state index contributed by atoms with van der Waals surface area (Å²) in [5.41, 5.74) is 3.43. The Labute approximate surface area is 121 Å². The summed E-state index contributed by atoms with van der Waals surface area (Å²) in [4.78, 5) is 11.3. The molecular formula is C17H24N2O. The van der Waals surface area contributed by atoms with Gasteiger partial charge >= 0.3 is 0 Å². The number of anilines is 2. The Morgan fingerprint density at radius 3 is 2.85 bits per heavy atom. The maximum atomic E-state index is 11.3. The third-order valence-corrected chi connectivity index (χ3v) is 4.61. The normalized spacial score (nSPS) is 19.3. The van der Waals surface area contributed by atoms with Crippen LogP contribution >= 0.6 is 0 Å². The molecule has 0 spiro atoms. The number of aryl methyl sites for hydroxylation is 1. The lowest BCUT2D eigenvalue weighted by Gasteiger charge is -2.22. The SMILES string of the molecule is O=C1CCc2cc(NCCC3CCCCC3)ccc2N1. The molecule has 0 atom stereocenters. The van der Waals surface area contributed by atoms with Gasteiger partial charge in [-0.05, 0) is 42.5 Å². The van der Waals surface area contributed by atoms with Crippen molar-refractivity contribution in [2.24, 2.45) is 5.92 Å². The monoisotopic (exact) mass is 272 g/mol. The van der Waals surface area contributed by atoms with Crippen LogP contribution in [0.15, 0.2) is 18.2 Å². The number of hydrogen-bond acceptors (Lipinski definition) is 2. The number of carbonyl (C=O) groups excluding carboxylic acids is 1. The molecule has 1 fully saturated rings. The molecule has 0 radical (unpaired) electrons. The van der Waals surface area contributed by atoms with Crippen LogP contribution < -0.4 is 10.6 Å². The minimum absolute atomic E-state index is 0.135. The molecular weight excluding hydrogens is 248 g/mol. The van der Waals surface area contributed by atoms with Crippen molar-refractivity contribution in [1.82, 2.24) is 0 Å². The number of rotatable bonds is 4. The molecule has 1 amide bonds. The molecule has 3 rings (SSSR count). The summed E-state index contributed by atoms with van der Waals surface area (Å²) in [6, 6.07) is 6.29. The van der Waals surface area contributed by atoms with Crippen LogP contribution in [-0.4, -0.2) is 12.5 Å². The lowest BCUT2D eigenvalue weighted by atomic mass is 9.87. The highest BCUT2D eigenvalue weighted by Gasteiger charge is 2.15. The van der Waals surface area contributed by atoms with Crippen molar-refractivity contribution < 1.29 is 4.79 Å². The second kappa shape index (κ2) is 6.29. The molecule has 1 heterocycles. The maximum absolute atomic E-state index is 11.3. The van der Waals surface area contributed by atoms with E-state index >= 15 is 0 Å². The average molecular weight is 272 g/mol. The van der Waals surface area contributed by atoms with Gasteiger partial charge in [-0.2, -0.15) is 0 Å². The van der Waals surface area contributed by atoms with E-state index in [-0.39, 0.29) is 5.91 Å².